The highest BCUT2D eigenvalue weighted by atomic mass is 35.5. The lowest BCUT2D eigenvalue weighted by Gasteiger charge is -2.13. The Hall–Kier alpha value is -3.30. The van der Waals surface area contributed by atoms with Crippen LogP contribution in [0.2, 0.25) is 5.02 Å². The average molecular weight is 456 g/mol. The zero-order chi connectivity index (χ0) is 21.8. The Bertz CT molecular complexity index is 1310. The summed E-state index contributed by atoms with van der Waals surface area (Å²) in [5.41, 5.74) is 1.16. The van der Waals surface area contributed by atoms with Crippen LogP contribution in [0.4, 0.5) is 10.1 Å². The molecule has 7 nitrogen and oxygen atoms in total. The molecule has 0 saturated heterocycles. The molecule has 10 heteroatoms. The van der Waals surface area contributed by atoms with Crippen LogP contribution in [0.5, 0.6) is 0 Å². The van der Waals surface area contributed by atoms with Gasteiger partial charge in [-0.2, -0.15) is 0 Å². The zero-order valence-corrected chi connectivity index (χ0v) is 17.5. The van der Waals surface area contributed by atoms with Crippen LogP contribution in [0.3, 0.4) is 0 Å². The van der Waals surface area contributed by atoms with E-state index in [1.54, 1.807) is 12.1 Å². The van der Waals surface area contributed by atoms with Crippen LogP contribution in [-0.4, -0.2) is 31.2 Å². The molecule has 0 fully saturated rings. The minimum Gasteiger partial charge on any atom is -0.325 e. The lowest BCUT2D eigenvalue weighted by Crippen LogP contribution is -2.26. The summed E-state index contributed by atoms with van der Waals surface area (Å²) in [5.74, 6) is -0.732. The van der Waals surface area contributed by atoms with Gasteiger partial charge in [0.25, 0.3) is 5.56 Å². The minimum absolute atomic E-state index is 0.0158. The molecule has 2 aromatic heterocycles. The van der Waals surface area contributed by atoms with Crippen molar-refractivity contribution in [3.8, 4) is 0 Å². The Labute approximate surface area is 185 Å². The predicted octanol–water partition coefficient (Wildman–Crippen LogP) is 3.76. The number of amides is 1. The number of hydrogen-bond donors (Lipinski definition) is 1. The zero-order valence-electron chi connectivity index (χ0n) is 16.0. The van der Waals surface area contributed by atoms with E-state index in [1.807, 2.05) is 12.1 Å². The van der Waals surface area contributed by atoms with Crippen LogP contribution < -0.4 is 10.9 Å². The Balaban J connectivity index is 1.62. The van der Waals surface area contributed by atoms with Crippen molar-refractivity contribution in [1.29, 1.82) is 0 Å². The fraction of sp³-hybridized carbons (Fsp3) is 0.0952. The maximum atomic E-state index is 13.1. The first kappa shape index (κ1) is 21.0. The number of nitrogens with one attached hydrogen (secondary N) is 1. The van der Waals surface area contributed by atoms with Crippen molar-refractivity contribution in [3.63, 3.8) is 0 Å². The Morgan fingerprint density at radius 2 is 1.84 bits per heavy atom. The van der Waals surface area contributed by atoms with Crippen molar-refractivity contribution < 1.29 is 9.18 Å². The molecule has 1 N–H and O–H groups in total. The molecule has 4 aromatic rings. The van der Waals surface area contributed by atoms with Gasteiger partial charge >= 0.3 is 0 Å². The van der Waals surface area contributed by atoms with Gasteiger partial charge in [-0.1, -0.05) is 41.6 Å². The highest BCUT2D eigenvalue weighted by Crippen LogP contribution is 2.21. The SMILES string of the molecule is O=C(CSc1nc2nccnc2c(=O)n1Cc1ccccc1Cl)Nc1ccc(F)cc1. The number of aromatic nitrogens is 4. The summed E-state index contributed by atoms with van der Waals surface area (Å²) in [6.07, 6.45) is 2.87. The molecule has 0 spiro atoms. The first-order chi connectivity index (χ1) is 15.0. The number of anilines is 1. The van der Waals surface area contributed by atoms with E-state index in [4.69, 9.17) is 11.6 Å². The van der Waals surface area contributed by atoms with E-state index in [0.29, 0.717) is 15.9 Å². The molecule has 0 saturated carbocycles. The van der Waals surface area contributed by atoms with Gasteiger partial charge in [-0.3, -0.25) is 14.2 Å². The molecule has 156 valence electrons. The summed E-state index contributed by atoms with van der Waals surface area (Å²) in [6, 6.07) is 12.6. The summed E-state index contributed by atoms with van der Waals surface area (Å²) in [4.78, 5) is 38.0. The number of nitrogens with zero attached hydrogens (tertiary/aromatic N) is 4. The Morgan fingerprint density at radius 1 is 1.10 bits per heavy atom. The van der Waals surface area contributed by atoms with Crippen molar-refractivity contribution in [2.75, 3.05) is 11.1 Å². The summed E-state index contributed by atoms with van der Waals surface area (Å²) in [6.45, 7) is 0.167. The molecular weight excluding hydrogens is 441 g/mol. The van der Waals surface area contributed by atoms with Gasteiger partial charge in [0.05, 0.1) is 12.3 Å². The van der Waals surface area contributed by atoms with Crippen molar-refractivity contribution in [2.24, 2.45) is 0 Å². The van der Waals surface area contributed by atoms with Gasteiger partial charge in [0.15, 0.2) is 16.3 Å². The van der Waals surface area contributed by atoms with Gasteiger partial charge < -0.3 is 5.32 Å². The van der Waals surface area contributed by atoms with Crippen LogP contribution in [0.1, 0.15) is 5.56 Å². The normalized spacial score (nSPS) is 10.9. The smallest absolute Gasteiger partial charge is 0.282 e. The number of hydrogen-bond acceptors (Lipinski definition) is 6. The van der Waals surface area contributed by atoms with Crippen LogP contribution in [0, 0.1) is 5.82 Å². The monoisotopic (exact) mass is 455 g/mol. The van der Waals surface area contributed by atoms with E-state index >= 15 is 0 Å². The molecule has 0 bridgehead atoms. The molecule has 31 heavy (non-hydrogen) atoms. The van der Waals surface area contributed by atoms with Gasteiger partial charge in [0, 0.05) is 23.1 Å². The quantitative estimate of drug-likeness (QED) is 0.352. The topological polar surface area (TPSA) is 89.8 Å². The summed E-state index contributed by atoms with van der Waals surface area (Å²) in [5, 5.41) is 3.50. The Kier molecular flexibility index (Phi) is 6.24. The third-order valence-corrected chi connectivity index (χ3v) is 5.65. The number of halogens is 2. The van der Waals surface area contributed by atoms with Crippen LogP contribution in [0.25, 0.3) is 11.2 Å². The molecule has 1 amide bonds. The lowest BCUT2D eigenvalue weighted by molar-refractivity contribution is -0.113. The number of thioether (sulfide) groups is 1. The number of carbonyl (C=O) groups excluding carboxylic acids is 1. The molecule has 2 heterocycles. The molecule has 0 aliphatic rings. The number of rotatable bonds is 6. The summed E-state index contributed by atoms with van der Waals surface area (Å²) < 4.78 is 14.5. The minimum atomic E-state index is -0.391. The lowest BCUT2D eigenvalue weighted by atomic mass is 10.2. The molecule has 4 rings (SSSR count). The third kappa shape index (κ3) is 4.89. The molecule has 0 atom stereocenters. The second-order valence-corrected chi connectivity index (χ2v) is 7.80. The fourth-order valence-electron chi connectivity index (χ4n) is 2.84. The van der Waals surface area contributed by atoms with Gasteiger partial charge in [-0.05, 0) is 35.9 Å². The van der Waals surface area contributed by atoms with E-state index < -0.39 is 5.82 Å². The summed E-state index contributed by atoms with van der Waals surface area (Å²) >= 11 is 7.35. The standard InChI is InChI=1S/C21H15ClFN5O2S/c22-16-4-2-1-3-13(16)11-28-20(30)18-19(25-10-9-24-18)27-21(28)31-12-17(29)26-15-7-5-14(23)6-8-15/h1-10H,11-12H2,(H,26,29). The predicted molar refractivity (Wildman–Crippen MR) is 118 cm³/mol. The Morgan fingerprint density at radius 3 is 2.61 bits per heavy atom. The first-order valence-electron chi connectivity index (χ1n) is 9.14. The second-order valence-electron chi connectivity index (χ2n) is 6.45. The van der Waals surface area contributed by atoms with Crippen molar-refractivity contribution >= 4 is 46.1 Å². The van der Waals surface area contributed by atoms with E-state index in [1.165, 1.54) is 41.2 Å². The van der Waals surface area contributed by atoms with Gasteiger partial charge in [-0.25, -0.2) is 19.3 Å². The fourth-order valence-corrected chi connectivity index (χ4v) is 3.82. The van der Waals surface area contributed by atoms with Gasteiger partial charge in [-0.15, -0.1) is 0 Å². The maximum absolute atomic E-state index is 13.1. The van der Waals surface area contributed by atoms with Gasteiger partial charge in [0.2, 0.25) is 5.91 Å². The van der Waals surface area contributed by atoms with E-state index in [9.17, 15) is 14.0 Å². The molecule has 0 aliphatic carbocycles. The third-order valence-electron chi connectivity index (χ3n) is 4.31. The number of fused-ring (bicyclic) bond motifs is 1. The highest BCUT2D eigenvalue weighted by molar-refractivity contribution is 7.99. The highest BCUT2D eigenvalue weighted by Gasteiger charge is 2.16. The van der Waals surface area contributed by atoms with E-state index in [2.05, 4.69) is 20.3 Å². The van der Waals surface area contributed by atoms with Crippen LogP contribution in [0.15, 0.2) is 70.9 Å². The molecular formula is C21H15ClFN5O2S. The van der Waals surface area contributed by atoms with Crippen molar-refractivity contribution in [2.45, 2.75) is 11.7 Å². The van der Waals surface area contributed by atoms with Crippen molar-refractivity contribution in [3.05, 3.63) is 87.7 Å². The van der Waals surface area contributed by atoms with Crippen LogP contribution >= 0.6 is 23.4 Å². The second kappa shape index (κ2) is 9.23. The molecule has 2 aromatic carbocycles. The maximum Gasteiger partial charge on any atom is 0.282 e. The molecule has 0 aliphatic heterocycles. The van der Waals surface area contributed by atoms with Crippen molar-refractivity contribution in [1.82, 2.24) is 19.5 Å². The average Bonchev–Trinajstić information content (AvgIpc) is 2.77. The summed E-state index contributed by atoms with van der Waals surface area (Å²) in [7, 11) is 0. The van der Waals surface area contributed by atoms with E-state index in [0.717, 1.165) is 17.3 Å². The van der Waals surface area contributed by atoms with Crippen LogP contribution in [-0.2, 0) is 11.3 Å². The van der Waals surface area contributed by atoms with E-state index in [-0.39, 0.29) is 34.9 Å². The number of benzene rings is 2. The first-order valence-corrected chi connectivity index (χ1v) is 10.5. The largest absolute Gasteiger partial charge is 0.325 e. The molecule has 0 radical (unpaired) electrons. The molecule has 0 unspecified atom stereocenters. The number of carbonyl (C=O) groups is 1. The van der Waals surface area contributed by atoms with Gasteiger partial charge in [0.1, 0.15) is 5.82 Å².